The van der Waals surface area contributed by atoms with Crippen LogP contribution in [-0.2, 0) is 20.3 Å². The second kappa shape index (κ2) is 5.65. The number of hydrogen-bond donors (Lipinski definition) is 0. The van der Waals surface area contributed by atoms with Gasteiger partial charge in [0.15, 0.2) is 0 Å². The zero-order valence-electron chi connectivity index (χ0n) is 11.5. The van der Waals surface area contributed by atoms with Crippen LogP contribution >= 0.6 is 0 Å². The Labute approximate surface area is 111 Å². The van der Waals surface area contributed by atoms with Gasteiger partial charge >= 0.3 is 5.97 Å². The fourth-order valence-electron chi connectivity index (χ4n) is 1.44. The molecule has 0 spiro atoms. The van der Waals surface area contributed by atoms with Crippen LogP contribution in [0.5, 0.6) is 0 Å². The largest absolute Gasteiger partial charge is 0.459 e. The monoisotopic (exact) mass is 268 g/mol. The van der Waals surface area contributed by atoms with Crippen molar-refractivity contribution in [3.05, 3.63) is 29.8 Å². The van der Waals surface area contributed by atoms with Crippen LogP contribution in [0.15, 0.2) is 29.2 Å². The molecule has 0 saturated heterocycles. The molecule has 1 aromatic carbocycles. The van der Waals surface area contributed by atoms with Gasteiger partial charge in [0.25, 0.3) is 0 Å². The Hall–Kier alpha value is -1.16. The van der Waals surface area contributed by atoms with Crippen molar-refractivity contribution in [2.24, 2.45) is 0 Å². The Bertz CT molecular complexity index is 460. The van der Waals surface area contributed by atoms with Crippen LogP contribution in [-0.4, -0.2) is 21.0 Å². The summed E-state index contributed by atoms with van der Waals surface area (Å²) in [6.07, 6.45) is 0. The molecule has 0 radical (unpaired) electrons. The molecule has 1 aromatic rings. The van der Waals surface area contributed by atoms with E-state index in [0.717, 1.165) is 5.56 Å². The van der Waals surface area contributed by atoms with E-state index in [4.69, 9.17) is 4.74 Å². The lowest BCUT2D eigenvalue weighted by atomic mass is 10.2. The van der Waals surface area contributed by atoms with E-state index >= 15 is 0 Å². The SMILES string of the molecule is Cc1ccccc1S(=O)C(C)C(=O)OC(C)(C)C. The minimum Gasteiger partial charge on any atom is -0.459 e. The standard InChI is InChI=1S/C14H20O3S/c1-10-8-6-7-9-12(10)18(16)11(2)13(15)17-14(3,4)5/h6-9,11H,1-5H3. The number of ether oxygens (including phenoxy) is 1. The summed E-state index contributed by atoms with van der Waals surface area (Å²) in [5, 5.41) is -0.662. The van der Waals surface area contributed by atoms with Crippen molar-refractivity contribution in [1.82, 2.24) is 0 Å². The van der Waals surface area contributed by atoms with E-state index < -0.39 is 27.6 Å². The number of carbonyl (C=O) groups is 1. The fraction of sp³-hybridized carbons (Fsp3) is 0.500. The predicted octanol–water partition coefficient (Wildman–Crippen LogP) is 2.83. The summed E-state index contributed by atoms with van der Waals surface area (Å²) in [7, 11) is -1.38. The molecule has 3 nitrogen and oxygen atoms in total. The summed E-state index contributed by atoms with van der Waals surface area (Å²) in [5.41, 5.74) is 0.368. The van der Waals surface area contributed by atoms with Crippen molar-refractivity contribution in [3.8, 4) is 0 Å². The van der Waals surface area contributed by atoms with Crippen molar-refractivity contribution in [2.75, 3.05) is 0 Å². The van der Waals surface area contributed by atoms with Crippen molar-refractivity contribution in [1.29, 1.82) is 0 Å². The zero-order valence-corrected chi connectivity index (χ0v) is 12.3. The third kappa shape index (κ3) is 3.95. The predicted molar refractivity (Wildman–Crippen MR) is 72.9 cm³/mol. The molecule has 0 N–H and O–H groups in total. The van der Waals surface area contributed by atoms with Gasteiger partial charge in [-0.05, 0) is 46.2 Å². The molecule has 100 valence electrons. The maximum atomic E-state index is 12.3. The van der Waals surface area contributed by atoms with Crippen LogP contribution in [0.25, 0.3) is 0 Å². The average Bonchev–Trinajstić information content (AvgIpc) is 2.25. The minimum absolute atomic E-state index is 0.427. The van der Waals surface area contributed by atoms with Crippen molar-refractivity contribution in [2.45, 2.75) is 50.4 Å². The number of benzene rings is 1. The molecule has 0 fully saturated rings. The van der Waals surface area contributed by atoms with Gasteiger partial charge in [0.2, 0.25) is 0 Å². The van der Waals surface area contributed by atoms with E-state index in [1.807, 2.05) is 25.1 Å². The molecule has 4 heteroatoms. The van der Waals surface area contributed by atoms with Crippen LogP contribution in [0.3, 0.4) is 0 Å². The molecular weight excluding hydrogens is 248 g/mol. The molecular formula is C14H20O3S. The Morgan fingerprint density at radius 2 is 1.83 bits per heavy atom. The van der Waals surface area contributed by atoms with E-state index in [-0.39, 0.29) is 0 Å². The highest BCUT2D eigenvalue weighted by Gasteiger charge is 2.27. The Kier molecular flexibility index (Phi) is 4.68. The van der Waals surface area contributed by atoms with Crippen molar-refractivity contribution in [3.63, 3.8) is 0 Å². The van der Waals surface area contributed by atoms with Gasteiger partial charge in [-0.25, -0.2) is 0 Å². The Morgan fingerprint density at radius 3 is 2.33 bits per heavy atom. The number of aryl methyl sites for hydroxylation is 1. The molecule has 0 bridgehead atoms. The summed E-state index contributed by atoms with van der Waals surface area (Å²) >= 11 is 0. The zero-order chi connectivity index (χ0) is 13.9. The lowest BCUT2D eigenvalue weighted by molar-refractivity contribution is -0.153. The molecule has 0 saturated carbocycles. The van der Waals surface area contributed by atoms with Crippen LogP contribution in [0, 0.1) is 6.92 Å². The molecule has 0 aliphatic carbocycles. The van der Waals surface area contributed by atoms with Gasteiger partial charge in [-0.1, -0.05) is 18.2 Å². The lowest BCUT2D eigenvalue weighted by Gasteiger charge is -2.22. The first-order valence-electron chi connectivity index (χ1n) is 5.91. The van der Waals surface area contributed by atoms with Crippen LogP contribution in [0.4, 0.5) is 0 Å². The quantitative estimate of drug-likeness (QED) is 0.792. The van der Waals surface area contributed by atoms with Crippen LogP contribution in [0.2, 0.25) is 0 Å². The van der Waals surface area contributed by atoms with E-state index in [9.17, 15) is 9.00 Å². The number of rotatable bonds is 3. The lowest BCUT2D eigenvalue weighted by Crippen LogP contribution is -2.32. The van der Waals surface area contributed by atoms with E-state index in [0.29, 0.717) is 4.90 Å². The second-order valence-corrected chi connectivity index (χ2v) is 6.98. The second-order valence-electron chi connectivity index (χ2n) is 5.24. The molecule has 0 aromatic heterocycles. The fourth-order valence-corrected chi connectivity index (χ4v) is 2.65. The van der Waals surface area contributed by atoms with E-state index in [1.54, 1.807) is 33.8 Å². The van der Waals surface area contributed by atoms with Gasteiger partial charge in [0.05, 0.1) is 10.8 Å². The molecule has 0 heterocycles. The highest BCUT2D eigenvalue weighted by Crippen LogP contribution is 2.18. The summed E-state index contributed by atoms with van der Waals surface area (Å²) in [4.78, 5) is 12.6. The highest BCUT2D eigenvalue weighted by molar-refractivity contribution is 7.86. The average molecular weight is 268 g/mol. The molecule has 1 rings (SSSR count). The molecule has 0 aliphatic rings. The van der Waals surface area contributed by atoms with Crippen molar-refractivity contribution >= 4 is 16.8 Å². The van der Waals surface area contributed by atoms with Gasteiger partial charge in [-0.3, -0.25) is 9.00 Å². The van der Waals surface area contributed by atoms with Gasteiger partial charge in [-0.2, -0.15) is 0 Å². The number of carbonyl (C=O) groups excluding carboxylic acids is 1. The summed E-state index contributed by atoms with van der Waals surface area (Å²) in [6, 6.07) is 7.37. The topological polar surface area (TPSA) is 43.4 Å². The molecule has 2 atom stereocenters. The first-order valence-corrected chi connectivity index (χ1v) is 7.13. The van der Waals surface area contributed by atoms with Gasteiger partial charge in [-0.15, -0.1) is 0 Å². The number of esters is 1. The first kappa shape index (κ1) is 14.9. The summed E-state index contributed by atoms with van der Waals surface area (Å²) < 4.78 is 17.6. The normalized spacial score (nSPS) is 14.9. The van der Waals surface area contributed by atoms with Gasteiger partial charge in [0.1, 0.15) is 10.9 Å². The third-order valence-electron chi connectivity index (χ3n) is 2.37. The summed E-state index contributed by atoms with van der Waals surface area (Å²) in [5.74, 6) is -0.427. The number of hydrogen-bond acceptors (Lipinski definition) is 3. The molecule has 0 aliphatic heterocycles. The van der Waals surface area contributed by atoms with Crippen molar-refractivity contribution < 1.29 is 13.7 Å². The maximum Gasteiger partial charge on any atom is 0.322 e. The third-order valence-corrected chi connectivity index (χ3v) is 4.10. The maximum absolute atomic E-state index is 12.3. The highest BCUT2D eigenvalue weighted by atomic mass is 32.2. The minimum atomic E-state index is -1.38. The molecule has 18 heavy (non-hydrogen) atoms. The smallest absolute Gasteiger partial charge is 0.322 e. The Morgan fingerprint density at radius 1 is 1.28 bits per heavy atom. The van der Waals surface area contributed by atoms with E-state index in [2.05, 4.69) is 0 Å². The van der Waals surface area contributed by atoms with Gasteiger partial charge < -0.3 is 4.74 Å². The first-order chi connectivity index (χ1) is 8.22. The summed E-state index contributed by atoms with van der Waals surface area (Å²) in [6.45, 7) is 8.92. The van der Waals surface area contributed by atoms with Gasteiger partial charge in [0, 0.05) is 4.90 Å². The molecule has 0 amide bonds. The van der Waals surface area contributed by atoms with Crippen LogP contribution in [0.1, 0.15) is 33.3 Å². The van der Waals surface area contributed by atoms with Crippen LogP contribution < -0.4 is 0 Å². The molecule has 2 unspecified atom stereocenters. The Balaban J connectivity index is 2.85. The van der Waals surface area contributed by atoms with E-state index in [1.165, 1.54) is 0 Å².